The van der Waals surface area contributed by atoms with Crippen LogP contribution in [0.4, 0.5) is 0 Å². The van der Waals surface area contributed by atoms with Crippen molar-refractivity contribution in [1.82, 2.24) is 4.31 Å². The molecule has 0 saturated carbocycles. The van der Waals surface area contributed by atoms with Gasteiger partial charge in [-0.05, 0) is 42.7 Å². The van der Waals surface area contributed by atoms with Crippen LogP contribution in [0.5, 0.6) is 0 Å². The number of rotatable bonds is 4. The summed E-state index contributed by atoms with van der Waals surface area (Å²) in [7, 11) is -4.05. The average molecular weight is 418 g/mol. The first kappa shape index (κ1) is 20.1. The minimum atomic E-state index is -4.05. The van der Waals surface area contributed by atoms with Gasteiger partial charge in [-0.3, -0.25) is 4.79 Å². The minimum Gasteiger partial charge on any atom is -0.269 e. The Bertz CT molecular complexity index is 1200. The Morgan fingerprint density at radius 2 is 1.40 bits per heavy atom. The molecule has 3 aromatic rings. The summed E-state index contributed by atoms with van der Waals surface area (Å²) in [5, 5.41) is 0. The Balaban J connectivity index is 1.90. The molecule has 1 amide bonds. The van der Waals surface area contributed by atoms with Crippen molar-refractivity contribution in [3.8, 4) is 0 Å². The van der Waals surface area contributed by atoms with Crippen LogP contribution in [-0.2, 0) is 20.4 Å². The van der Waals surface area contributed by atoms with Gasteiger partial charge >= 0.3 is 0 Å². The number of hydrogen-bond donors (Lipinski definition) is 0. The third kappa shape index (κ3) is 3.46. The van der Waals surface area contributed by atoms with Crippen LogP contribution in [0.1, 0.15) is 30.0 Å². The molecule has 152 valence electrons. The fraction of sp³-hybridized carbons (Fsp3) is 0.160. The van der Waals surface area contributed by atoms with Crippen molar-refractivity contribution in [2.45, 2.75) is 30.7 Å². The van der Waals surface area contributed by atoms with E-state index >= 15 is 0 Å². The number of carbonyl (C=O) groups is 1. The van der Waals surface area contributed by atoms with E-state index in [2.05, 4.69) is 0 Å². The maximum Gasteiger partial charge on any atom is 0.267 e. The lowest BCUT2D eigenvalue weighted by Gasteiger charge is -2.43. The van der Waals surface area contributed by atoms with E-state index in [1.165, 1.54) is 6.08 Å². The highest BCUT2D eigenvalue weighted by atomic mass is 32.2. The summed E-state index contributed by atoms with van der Waals surface area (Å²) >= 11 is 0. The van der Waals surface area contributed by atoms with Crippen LogP contribution in [0, 0.1) is 6.92 Å². The number of hydrogen-bond acceptors (Lipinski definition) is 3. The predicted molar refractivity (Wildman–Crippen MR) is 118 cm³/mol. The van der Waals surface area contributed by atoms with E-state index in [-0.39, 0.29) is 4.90 Å². The molecule has 0 bridgehead atoms. The second-order valence-corrected chi connectivity index (χ2v) is 9.56. The fourth-order valence-electron chi connectivity index (χ4n) is 4.00. The average Bonchev–Trinajstić information content (AvgIpc) is 2.74. The molecule has 30 heavy (non-hydrogen) atoms. The van der Waals surface area contributed by atoms with E-state index in [9.17, 15) is 13.2 Å². The molecule has 0 N–H and O–H groups in total. The van der Waals surface area contributed by atoms with E-state index in [4.69, 9.17) is 0 Å². The number of sulfonamides is 1. The zero-order chi connectivity index (χ0) is 21.4. The Kier molecular flexibility index (Phi) is 5.08. The second-order valence-electron chi connectivity index (χ2n) is 7.77. The zero-order valence-corrected chi connectivity index (χ0v) is 17.8. The zero-order valence-electron chi connectivity index (χ0n) is 16.9. The molecule has 4 rings (SSSR count). The van der Waals surface area contributed by atoms with Crippen molar-refractivity contribution in [2.75, 3.05) is 0 Å². The molecule has 0 aliphatic carbocycles. The molecule has 1 unspecified atom stereocenters. The lowest BCUT2D eigenvalue weighted by Crippen LogP contribution is -2.52. The maximum absolute atomic E-state index is 13.6. The Hall–Kier alpha value is -3.18. The Morgan fingerprint density at radius 1 is 0.833 bits per heavy atom. The van der Waals surface area contributed by atoms with Gasteiger partial charge in [0.1, 0.15) is 0 Å². The van der Waals surface area contributed by atoms with Gasteiger partial charge in [0.2, 0.25) is 0 Å². The predicted octanol–water partition coefficient (Wildman–Crippen LogP) is 4.92. The summed E-state index contributed by atoms with van der Waals surface area (Å²) < 4.78 is 28.3. The molecular weight excluding hydrogens is 394 g/mol. The molecule has 0 aromatic heterocycles. The molecule has 0 spiro atoms. The van der Waals surface area contributed by atoms with E-state index in [1.54, 1.807) is 24.3 Å². The van der Waals surface area contributed by atoms with Crippen molar-refractivity contribution in [3.05, 3.63) is 108 Å². The molecular formula is C25H23NO3S. The van der Waals surface area contributed by atoms with Gasteiger partial charge in [-0.1, -0.05) is 78.4 Å². The topological polar surface area (TPSA) is 54.5 Å². The summed E-state index contributed by atoms with van der Waals surface area (Å²) in [6, 6.07) is 25.6. The number of aryl methyl sites for hydroxylation is 1. The van der Waals surface area contributed by atoms with Gasteiger partial charge in [0, 0.05) is 12.5 Å². The third-order valence-electron chi connectivity index (χ3n) is 5.58. The van der Waals surface area contributed by atoms with Gasteiger partial charge in [-0.25, -0.2) is 12.7 Å². The number of carbonyl (C=O) groups excluding carboxylic acids is 1. The molecule has 5 heteroatoms. The lowest BCUT2D eigenvalue weighted by atomic mass is 9.81. The smallest absolute Gasteiger partial charge is 0.267 e. The molecule has 1 heterocycles. The van der Waals surface area contributed by atoms with Crippen LogP contribution in [0.2, 0.25) is 0 Å². The fourth-order valence-corrected chi connectivity index (χ4v) is 5.68. The Labute approximate surface area is 177 Å². The lowest BCUT2D eigenvalue weighted by molar-refractivity contribution is -0.126. The molecule has 4 nitrogen and oxygen atoms in total. The van der Waals surface area contributed by atoms with Crippen molar-refractivity contribution in [3.63, 3.8) is 0 Å². The normalized spacial score (nSPS) is 19.5. The van der Waals surface area contributed by atoms with Crippen LogP contribution in [0.15, 0.2) is 95.9 Å². The van der Waals surface area contributed by atoms with E-state index in [0.29, 0.717) is 6.42 Å². The van der Waals surface area contributed by atoms with Crippen molar-refractivity contribution >= 4 is 21.5 Å². The van der Waals surface area contributed by atoms with Crippen LogP contribution >= 0.6 is 0 Å². The second kappa shape index (κ2) is 7.58. The molecule has 3 aromatic carbocycles. The minimum absolute atomic E-state index is 0.111. The third-order valence-corrected chi connectivity index (χ3v) is 7.51. The van der Waals surface area contributed by atoms with Crippen LogP contribution in [0.25, 0.3) is 5.57 Å². The molecule has 0 fully saturated rings. The number of benzene rings is 3. The van der Waals surface area contributed by atoms with E-state index in [0.717, 1.165) is 26.6 Å². The largest absolute Gasteiger partial charge is 0.269 e. The molecule has 1 aliphatic rings. The molecule has 0 saturated heterocycles. The standard InChI is InChI=1S/C25H23NO3S/c1-19-13-15-23(16-14-19)30(28,29)26-24(27)17-21(20-9-5-3-6-10-20)18-25(26,2)22-11-7-4-8-12-22/h3-17H,18H2,1-2H3. The summed E-state index contributed by atoms with van der Waals surface area (Å²) in [6.07, 6.45) is 1.84. The summed E-state index contributed by atoms with van der Waals surface area (Å²) in [5.74, 6) is -0.535. The quantitative estimate of drug-likeness (QED) is 0.606. The monoisotopic (exact) mass is 417 g/mol. The van der Waals surface area contributed by atoms with Crippen LogP contribution in [0.3, 0.4) is 0 Å². The van der Waals surface area contributed by atoms with Gasteiger partial charge in [-0.15, -0.1) is 0 Å². The summed E-state index contributed by atoms with van der Waals surface area (Å²) in [6.45, 7) is 3.72. The molecule has 1 atom stereocenters. The highest BCUT2D eigenvalue weighted by Crippen LogP contribution is 2.44. The van der Waals surface area contributed by atoms with Crippen molar-refractivity contribution < 1.29 is 13.2 Å². The van der Waals surface area contributed by atoms with E-state index in [1.807, 2.05) is 74.5 Å². The van der Waals surface area contributed by atoms with Crippen molar-refractivity contribution in [1.29, 1.82) is 0 Å². The van der Waals surface area contributed by atoms with Gasteiger partial charge < -0.3 is 0 Å². The van der Waals surface area contributed by atoms with Gasteiger partial charge in [-0.2, -0.15) is 0 Å². The Morgan fingerprint density at radius 3 is 2.00 bits per heavy atom. The first-order valence-corrected chi connectivity index (χ1v) is 11.2. The number of amides is 1. The maximum atomic E-state index is 13.6. The van der Waals surface area contributed by atoms with Gasteiger partial charge in [0.05, 0.1) is 10.4 Å². The summed E-state index contributed by atoms with van der Waals surface area (Å²) in [4.78, 5) is 13.4. The first-order chi connectivity index (χ1) is 14.3. The van der Waals surface area contributed by atoms with Crippen LogP contribution < -0.4 is 0 Å². The number of nitrogens with zero attached hydrogens (tertiary/aromatic N) is 1. The molecule has 0 radical (unpaired) electrons. The SMILES string of the molecule is Cc1ccc(S(=O)(=O)N2C(=O)C=C(c3ccccc3)CC2(C)c2ccccc2)cc1. The van der Waals surface area contributed by atoms with Gasteiger partial charge in [0.25, 0.3) is 15.9 Å². The highest BCUT2D eigenvalue weighted by molar-refractivity contribution is 7.89. The van der Waals surface area contributed by atoms with E-state index < -0.39 is 21.5 Å². The highest BCUT2D eigenvalue weighted by Gasteiger charge is 2.47. The van der Waals surface area contributed by atoms with Crippen molar-refractivity contribution in [2.24, 2.45) is 0 Å². The van der Waals surface area contributed by atoms with Crippen LogP contribution in [-0.4, -0.2) is 18.6 Å². The first-order valence-electron chi connectivity index (χ1n) is 9.80. The molecule has 1 aliphatic heterocycles. The summed E-state index contributed by atoms with van der Waals surface area (Å²) in [5.41, 5.74) is 2.41. The van der Waals surface area contributed by atoms with Gasteiger partial charge in [0.15, 0.2) is 0 Å².